The van der Waals surface area contributed by atoms with Crippen LogP contribution in [0.15, 0.2) is 46.2 Å². The lowest BCUT2D eigenvalue weighted by Crippen LogP contribution is -2.15. The highest BCUT2D eigenvalue weighted by Gasteiger charge is 2.26. The molecule has 22 heavy (non-hydrogen) atoms. The van der Waals surface area contributed by atoms with Gasteiger partial charge in [0.25, 0.3) is 10.1 Å². The summed E-state index contributed by atoms with van der Waals surface area (Å²) in [5.74, 6) is -1.43. The van der Waals surface area contributed by atoms with Crippen LogP contribution in [0, 0.1) is 5.82 Å². The molecule has 0 aliphatic carbocycles. The minimum atomic E-state index is -4.85. The number of halogens is 1. The largest absolute Gasteiger partial charge is 0.507 e. The van der Waals surface area contributed by atoms with Gasteiger partial charge in [0.2, 0.25) is 10.0 Å². The molecule has 10 heteroatoms. The van der Waals surface area contributed by atoms with Gasteiger partial charge in [0.15, 0.2) is 0 Å². The molecule has 0 saturated carbocycles. The molecule has 7 nitrogen and oxygen atoms in total. The molecule has 0 heterocycles. The van der Waals surface area contributed by atoms with Crippen molar-refractivity contribution in [3.8, 4) is 16.9 Å². The fourth-order valence-corrected chi connectivity index (χ4v) is 3.50. The summed E-state index contributed by atoms with van der Waals surface area (Å²) in [7, 11) is -9.25. The number of sulfonamides is 1. The Bertz CT molecular complexity index is 903. The van der Waals surface area contributed by atoms with E-state index in [4.69, 9.17) is 5.14 Å². The van der Waals surface area contributed by atoms with Gasteiger partial charge in [-0.1, -0.05) is 6.07 Å². The second-order valence-corrected chi connectivity index (χ2v) is 7.23. The topological polar surface area (TPSA) is 135 Å². The zero-order chi connectivity index (χ0) is 16.7. The minimum Gasteiger partial charge on any atom is -0.507 e. The van der Waals surface area contributed by atoms with Gasteiger partial charge in [-0.15, -0.1) is 0 Å². The Labute approximate surface area is 125 Å². The number of aromatic hydroxyl groups is 1. The van der Waals surface area contributed by atoms with E-state index in [0.717, 1.165) is 36.4 Å². The molecule has 2 aromatic carbocycles. The van der Waals surface area contributed by atoms with E-state index in [9.17, 15) is 30.9 Å². The standard InChI is InChI=1S/C12H10FNO6S2/c13-7-4-5-9(15)8(6-7)12-10(21(14,16)17)2-1-3-11(12)22(18,19)20/h1-6,15H,(H2,14,16,17)(H,18,19,20). The third-order valence-electron chi connectivity index (χ3n) is 2.80. The second-order valence-electron chi connectivity index (χ2n) is 4.31. The van der Waals surface area contributed by atoms with Crippen molar-refractivity contribution >= 4 is 20.1 Å². The first-order valence-electron chi connectivity index (χ1n) is 5.64. The monoisotopic (exact) mass is 347 g/mol. The van der Waals surface area contributed by atoms with Gasteiger partial charge in [0, 0.05) is 11.1 Å². The fraction of sp³-hybridized carbons (Fsp3) is 0. The quantitative estimate of drug-likeness (QED) is 0.711. The van der Waals surface area contributed by atoms with Gasteiger partial charge in [-0.05, 0) is 30.3 Å². The van der Waals surface area contributed by atoms with E-state index in [2.05, 4.69) is 0 Å². The Morgan fingerprint density at radius 1 is 1.00 bits per heavy atom. The van der Waals surface area contributed by atoms with E-state index in [1.807, 2.05) is 0 Å². The summed E-state index contributed by atoms with van der Waals surface area (Å²) >= 11 is 0. The van der Waals surface area contributed by atoms with Crippen molar-refractivity contribution in [2.45, 2.75) is 9.79 Å². The lowest BCUT2D eigenvalue weighted by Gasteiger charge is -2.13. The van der Waals surface area contributed by atoms with Crippen LogP contribution >= 0.6 is 0 Å². The van der Waals surface area contributed by atoms with Crippen LogP contribution in [0.3, 0.4) is 0 Å². The van der Waals surface area contributed by atoms with Crippen LogP contribution in [0.1, 0.15) is 0 Å². The number of nitrogens with two attached hydrogens (primary N) is 1. The normalized spacial score (nSPS) is 12.3. The summed E-state index contributed by atoms with van der Waals surface area (Å²) in [5, 5.41) is 14.8. The molecule has 0 saturated heterocycles. The number of primary sulfonamides is 1. The average molecular weight is 347 g/mol. The van der Waals surface area contributed by atoms with E-state index in [1.165, 1.54) is 0 Å². The number of hydrogen-bond acceptors (Lipinski definition) is 5. The summed E-state index contributed by atoms with van der Waals surface area (Å²) in [6.07, 6.45) is 0. The fourth-order valence-electron chi connectivity index (χ4n) is 1.94. The zero-order valence-electron chi connectivity index (χ0n) is 10.8. The Hall–Kier alpha value is -2.01. The van der Waals surface area contributed by atoms with Crippen LogP contribution in [0.2, 0.25) is 0 Å². The second kappa shape index (κ2) is 5.32. The molecule has 118 valence electrons. The predicted octanol–water partition coefficient (Wildman–Crippen LogP) is 1.09. The lowest BCUT2D eigenvalue weighted by atomic mass is 10.0. The van der Waals surface area contributed by atoms with E-state index < -0.39 is 52.6 Å². The Morgan fingerprint density at radius 2 is 1.59 bits per heavy atom. The summed E-state index contributed by atoms with van der Waals surface area (Å²) in [6, 6.07) is 5.47. The van der Waals surface area contributed by atoms with Gasteiger partial charge in [0.1, 0.15) is 16.5 Å². The van der Waals surface area contributed by atoms with E-state index in [-0.39, 0.29) is 0 Å². The Morgan fingerprint density at radius 3 is 2.14 bits per heavy atom. The first kappa shape index (κ1) is 16.4. The van der Waals surface area contributed by atoms with Crippen LogP contribution < -0.4 is 5.14 Å². The van der Waals surface area contributed by atoms with Crippen LogP contribution in [-0.4, -0.2) is 26.5 Å². The third-order valence-corrected chi connectivity index (χ3v) is 4.65. The Balaban J connectivity index is 3.03. The van der Waals surface area contributed by atoms with Crippen molar-refractivity contribution in [1.29, 1.82) is 0 Å². The molecule has 2 rings (SSSR count). The Kier molecular flexibility index (Phi) is 3.96. The van der Waals surface area contributed by atoms with Gasteiger partial charge in [-0.25, -0.2) is 17.9 Å². The first-order chi connectivity index (χ1) is 10.0. The molecule has 0 atom stereocenters. The van der Waals surface area contributed by atoms with E-state index in [1.54, 1.807) is 0 Å². The molecule has 0 fully saturated rings. The van der Waals surface area contributed by atoms with Crippen LogP contribution in [0.25, 0.3) is 11.1 Å². The summed E-state index contributed by atoms with van der Waals surface area (Å²) < 4.78 is 68.8. The summed E-state index contributed by atoms with van der Waals surface area (Å²) in [4.78, 5) is -1.50. The average Bonchev–Trinajstić information content (AvgIpc) is 2.38. The van der Waals surface area contributed by atoms with Crippen LogP contribution in [0.5, 0.6) is 5.75 Å². The smallest absolute Gasteiger partial charge is 0.295 e. The molecular weight excluding hydrogens is 337 g/mol. The third kappa shape index (κ3) is 3.09. The molecule has 2 aromatic rings. The number of rotatable bonds is 3. The molecule has 0 unspecified atom stereocenters. The zero-order valence-corrected chi connectivity index (χ0v) is 12.4. The first-order valence-corrected chi connectivity index (χ1v) is 8.62. The highest BCUT2D eigenvalue weighted by molar-refractivity contribution is 7.89. The maximum atomic E-state index is 13.4. The molecule has 0 radical (unpaired) electrons. The highest BCUT2D eigenvalue weighted by Crippen LogP contribution is 2.38. The molecule has 4 N–H and O–H groups in total. The van der Waals surface area contributed by atoms with E-state index in [0.29, 0.717) is 0 Å². The molecule has 0 amide bonds. The number of phenolic OH excluding ortho intramolecular Hbond substituents is 1. The van der Waals surface area contributed by atoms with Gasteiger partial charge in [-0.3, -0.25) is 4.55 Å². The predicted molar refractivity (Wildman–Crippen MR) is 74.7 cm³/mol. The van der Waals surface area contributed by atoms with E-state index >= 15 is 0 Å². The van der Waals surface area contributed by atoms with Gasteiger partial charge < -0.3 is 5.11 Å². The van der Waals surface area contributed by atoms with Gasteiger partial charge in [0.05, 0.1) is 4.90 Å². The van der Waals surface area contributed by atoms with Crippen molar-refractivity contribution in [1.82, 2.24) is 0 Å². The summed E-state index contributed by atoms with van der Waals surface area (Å²) in [5.41, 5.74) is -1.04. The van der Waals surface area contributed by atoms with Crippen molar-refractivity contribution in [2.24, 2.45) is 5.14 Å². The molecule has 0 spiro atoms. The van der Waals surface area contributed by atoms with Gasteiger partial charge >= 0.3 is 0 Å². The van der Waals surface area contributed by atoms with Crippen molar-refractivity contribution in [3.63, 3.8) is 0 Å². The van der Waals surface area contributed by atoms with Crippen molar-refractivity contribution < 1.29 is 30.9 Å². The molecule has 0 bridgehead atoms. The maximum absolute atomic E-state index is 13.4. The lowest BCUT2D eigenvalue weighted by molar-refractivity contribution is 0.474. The highest BCUT2D eigenvalue weighted by atomic mass is 32.2. The number of hydrogen-bond donors (Lipinski definition) is 3. The number of phenols is 1. The summed E-state index contributed by atoms with van der Waals surface area (Å²) in [6.45, 7) is 0. The SMILES string of the molecule is NS(=O)(=O)c1cccc(S(=O)(=O)O)c1-c1cc(F)ccc1O. The number of benzene rings is 2. The van der Waals surface area contributed by atoms with Crippen LogP contribution in [-0.2, 0) is 20.1 Å². The molecule has 0 aliphatic heterocycles. The molecule has 0 aliphatic rings. The maximum Gasteiger partial charge on any atom is 0.295 e. The minimum absolute atomic E-state index is 0.433. The van der Waals surface area contributed by atoms with Crippen molar-refractivity contribution in [2.75, 3.05) is 0 Å². The van der Waals surface area contributed by atoms with Gasteiger partial charge in [-0.2, -0.15) is 8.42 Å². The molecular formula is C12H10FNO6S2. The van der Waals surface area contributed by atoms with Crippen molar-refractivity contribution in [3.05, 3.63) is 42.2 Å². The molecule has 0 aromatic heterocycles. The van der Waals surface area contributed by atoms with Crippen LogP contribution in [0.4, 0.5) is 4.39 Å².